The van der Waals surface area contributed by atoms with Gasteiger partial charge in [0.05, 0.1) is 17.8 Å². The first kappa shape index (κ1) is 17.3. The van der Waals surface area contributed by atoms with Crippen molar-refractivity contribution in [2.75, 3.05) is 5.32 Å². The lowest BCUT2D eigenvalue weighted by Gasteiger charge is -2.38. The number of fused-ring (bicyclic) bond motifs is 1. The van der Waals surface area contributed by atoms with E-state index in [0.717, 1.165) is 17.8 Å². The second kappa shape index (κ2) is 6.87. The zero-order chi connectivity index (χ0) is 18.9. The number of hydrogen-bond acceptors (Lipinski definition) is 4. The standard InChI is InChI=1S/C21H23N5O/c1-21(2)11-18(16-8-4-3-5-9-16)25-19-17(14-24-26(19)21)20(27)23-13-15-7-6-10-22-12-15/h3-10,12,14,18,25H,11,13H2,1-2H3,(H,23,27). The molecule has 0 aliphatic carbocycles. The summed E-state index contributed by atoms with van der Waals surface area (Å²) in [5.74, 6) is 0.626. The van der Waals surface area contributed by atoms with Crippen LogP contribution in [0.1, 0.15) is 47.8 Å². The third-order valence-corrected chi connectivity index (χ3v) is 4.98. The number of hydrogen-bond donors (Lipinski definition) is 2. The minimum absolute atomic E-state index is 0.135. The molecule has 0 saturated carbocycles. The molecule has 0 fully saturated rings. The van der Waals surface area contributed by atoms with Gasteiger partial charge in [-0.05, 0) is 37.5 Å². The first-order chi connectivity index (χ1) is 13.0. The van der Waals surface area contributed by atoms with Gasteiger partial charge in [0, 0.05) is 18.9 Å². The minimum Gasteiger partial charge on any atom is -0.363 e. The van der Waals surface area contributed by atoms with E-state index in [-0.39, 0.29) is 17.5 Å². The number of aromatic nitrogens is 3. The van der Waals surface area contributed by atoms with Gasteiger partial charge in [-0.3, -0.25) is 9.78 Å². The Bertz CT molecular complexity index is 934. The van der Waals surface area contributed by atoms with Crippen molar-refractivity contribution in [2.45, 2.75) is 38.4 Å². The second-order valence-electron chi connectivity index (χ2n) is 7.49. The lowest BCUT2D eigenvalue weighted by atomic mass is 9.89. The highest BCUT2D eigenvalue weighted by Gasteiger charge is 2.36. The molecule has 6 nitrogen and oxygen atoms in total. The van der Waals surface area contributed by atoms with Gasteiger partial charge >= 0.3 is 0 Å². The van der Waals surface area contributed by atoms with E-state index in [0.29, 0.717) is 12.1 Å². The minimum atomic E-state index is -0.191. The van der Waals surface area contributed by atoms with Crippen LogP contribution in [0.2, 0.25) is 0 Å². The van der Waals surface area contributed by atoms with Crippen LogP contribution in [0, 0.1) is 0 Å². The lowest BCUT2D eigenvalue weighted by molar-refractivity contribution is 0.0951. The van der Waals surface area contributed by atoms with Crippen molar-refractivity contribution in [3.63, 3.8) is 0 Å². The van der Waals surface area contributed by atoms with Crippen molar-refractivity contribution in [2.24, 2.45) is 0 Å². The zero-order valence-electron chi connectivity index (χ0n) is 15.5. The smallest absolute Gasteiger partial charge is 0.256 e. The average Bonchev–Trinajstić information content (AvgIpc) is 3.12. The van der Waals surface area contributed by atoms with Crippen LogP contribution in [0.4, 0.5) is 5.82 Å². The molecule has 27 heavy (non-hydrogen) atoms. The first-order valence-electron chi connectivity index (χ1n) is 9.12. The highest BCUT2D eigenvalue weighted by Crippen LogP contribution is 2.39. The lowest BCUT2D eigenvalue weighted by Crippen LogP contribution is -2.38. The van der Waals surface area contributed by atoms with Gasteiger partial charge in [-0.25, -0.2) is 4.68 Å². The van der Waals surface area contributed by atoms with E-state index in [4.69, 9.17) is 0 Å². The summed E-state index contributed by atoms with van der Waals surface area (Å²) in [6.07, 6.45) is 6.01. The molecule has 3 aromatic rings. The van der Waals surface area contributed by atoms with Crippen molar-refractivity contribution < 1.29 is 4.79 Å². The third-order valence-electron chi connectivity index (χ3n) is 4.98. The maximum Gasteiger partial charge on any atom is 0.256 e. The SMILES string of the molecule is CC1(C)CC(c2ccccc2)Nc2c(C(=O)NCc3cccnc3)cnn21. The summed E-state index contributed by atoms with van der Waals surface area (Å²) in [5.41, 5.74) is 2.54. The Morgan fingerprint density at radius 1 is 1.22 bits per heavy atom. The summed E-state index contributed by atoms with van der Waals surface area (Å²) in [7, 11) is 0. The van der Waals surface area contributed by atoms with Gasteiger partial charge in [-0.2, -0.15) is 5.10 Å². The van der Waals surface area contributed by atoms with Crippen molar-refractivity contribution in [1.82, 2.24) is 20.1 Å². The molecule has 1 aromatic carbocycles. The molecule has 2 aromatic heterocycles. The molecule has 1 unspecified atom stereocenters. The van der Waals surface area contributed by atoms with E-state index >= 15 is 0 Å². The molecule has 1 amide bonds. The summed E-state index contributed by atoms with van der Waals surface area (Å²) in [5, 5.41) is 11.0. The molecule has 1 aliphatic rings. The second-order valence-corrected chi connectivity index (χ2v) is 7.49. The van der Waals surface area contributed by atoms with Crippen molar-refractivity contribution in [3.05, 3.63) is 77.7 Å². The number of carbonyl (C=O) groups excluding carboxylic acids is 1. The summed E-state index contributed by atoms with van der Waals surface area (Å²) in [4.78, 5) is 16.9. The van der Waals surface area contributed by atoms with Crippen molar-refractivity contribution in [3.8, 4) is 0 Å². The zero-order valence-corrected chi connectivity index (χ0v) is 15.5. The normalized spacial score (nSPS) is 17.6. The van der Waals surface area contributed by atoms with Crippen molar-refractivity contribution >= 4 is 11.7 Å². The number of rotatable bonds is 4. The molecule has 0 saturated heterocycles. The van der Waals surface area contributed by atoms with Crippen LogP contribution in [0.15, 0.2) is 61.1 Å². The van der Waals surface area contributed by atoms with Gasteiger partial charge in [0.2, 0.25) is 0 Å². The molecular formula is C21H23N5O. The van der Waals surface area contributed by atoms with Crippen LogP contribution < -0.4 is 10.6 Å². The van der Waals surface area contributed by atoms with E-state index in [1.807, 2.05) is 35.0 Å². The van der Waals surface area contributed by atoms with E-state index in [9.17, 15) is 4.79 Å². The van der Waals surface area contributed by atoms with Gasteiger partial charge in [0.15, 0.2) is 0 Å². The van der Waals surface area contributed by atoms with E-state index in [1.54, 1.807) is 18.6 Å². The molecule has 6 heteroatoms. The fraction of sp³-hybridized carbons (Fsp3) is 0.286. The highest BCUT2D eigenvalue weighted by atomic mass is 16.1. The van der Waals surface area contributed by atoms with E-state index in [1.165, 1.54) is 5.56 Å². The summed E-state index contributed by atoms with van der Waals surface area (Å²) in [6, 6.07) is 14.2. The third kappa shape index (κ3) is 3.43. The van der Waals surface area contributed by atoms with Crippen LogP contribution in [0.5, 0.6) is 0 Å². The molecule has 2 N–H and O–H groups in total. The van der Waals surface area contributed by atoms with E-state index < -0.39 is 0 Å². The van der Waals surface area contributed by atoms with Gasteiger partial charge in [0.25, 0.3) is 5.91 Å². The average molecular weight is 361 g/mol. The number of pyridine rings is 1. The first-order valence-corrected chi connectivity index (χ1v) is 9.12. The van der Waals surface area contributed by atoms with Gasteiger partial charge in [-0.1, -0.05) is 36.4 Å². The Hall–Kier alpha value is -3.15. The van der Waals surface area contributed by atoms with Crippen LogP contribution in [0.3, 0.4) is 0 Å². The van der Waals surface area contributed by atoms with Crippen LogP contribution in [-0.2, 0) is 12.1 Å². The molecule has 138 valence electrons. The monoisotopic (exact) mass is 361 g/mol. The molecule has 0 spiro atoms. The molecule has 1 aliphatic heterocycles. The van der Waals surface area contributed by atoms with Gasteiger partial charge < -0.3 is 10.6 Å². The number of nitrogens with one attached hydrogen (secondary N) is 2. The Kier molecular flexibility index (Phi) is 4.39. The fourth-order valence-electron chi connectivity index (χ4n) is 3.58. The Labute approximate surface area is 158 Å². The Morgan fingerprint density at radius 2 is 2.04 bits per heavy atom. The Balaban J connectivity index is 1.58. The number of carbonyl (C=O) groups is 1. The van der Waals surface area contributed by atoms with Crippen molar-refractivity contribution in [1.29, 1.82) is 0 Å². The molecule has 4 rings (SSSR count). The number of benzene rings is 1. The summed E-state index contributed by atoms with van der Waals surface area (Å²) >= 11 is 0. The maximum absolute atomic E-state index is 12.8. The number of amides is 1. The summed E-state index contributed by atoms with van der Waals surface area (Å²) in [6.45, 7) is 4.73. The number of anilines is 1. The Morgan fingerprint density at radius 3 is 2.78 bits per heavy atom. The maximum atomic E-state index is 12.8. The van der Waals surface area contributed by atoms with E-state index in [2.05, 4.69) is 46.7 Å². The van der Waals surface area contributed by atoms with Gasteiger partial charge in [-0.15, -0.1) is 0 Å². The molecule has 1 atom stereocenters. The largest absolute Gasteiger partial charge is 0.363 e. The van der Waals surface area contributed by atoms with Crippen LogP contribution in [-0.4, -0.2) is 20.7 Å². The molecule has 3 heterocycles. The van der Waals surface area contributed by atoms with Crippen LogP contribution in [0.25, 0.3) is 0 Å². The number of nitrogens with zero attached hydrogens (tertiary/aromatic N) is 3. The predicted molar refractivity (Wildman–Crippen MR) is 104 cm³/mol. The fourth-order valence-corrected chi connectivity index (χ4v) is 3.58. The molecule has 0 radical (unpaired) electrons. The highest BCUT2D eigenvalue weighted by molar-refractivity contribution is 5.98. The van der Waals surface area contributed by atoms with Gasteiger partial charge in [0.1, 0.15) is 11.4 Å². The topological polar surface area (TPSA) is 71.8 Å². The molecular weight excluding hydrogens is 338 g/mol. The molecule has 0 bridgehead atoms. The van der Waals surface area contributed by atoms with Crippen LogP contribution >= 0.6 is 0 Å². The predicted octanol–water partition coefficient (Wildman–Crippen LogP) is 3.50. The quantitative estimate of drug-likeness (QED) is 0.746. The summed E-state index contributed by atoms with van der Waals surface area (Å²) < 4.78 is 1.92.